The van der Waals surface area contributed by atoms with Crippen LogP contribution in [0, 0.1) is 5.41 Å². The third-order valence-corrected chi connectivity index (χ3v) is 4.11. The summed E-state index contributed by atoms with van der Waals surface area (Å²) in [7, 11) is 0. The van der Waals surface area contributed by atoms with E-state index in [1.165, 1.54) is 0 Å². The molecule has 0 unspecified atom stereocenters. The van der Waals surface area contributed by atoms with Crippen molar-refractivity contribution >= 4 is 11.8 Å². The number of amides is 2. The summed E-state index contributed by atoms with van der Waals surface area (Å²) >= 11 is 0. The topological polar surface area (TPSA) is 49.9 Å². The monoisotopic (exact) mass is 296 g/mol. The van der Waals surface area contributed by atoms with Crippen LogP contribution in [0.1, 0.15) is 46.5 Å². The van der Waals surface area contributed by atoms with Gasteiger partial charge >= 0.3 is 0 Å². The molecule has 2 aliphatic rings. The number of hydrogen-bond acceptors (Lipinski definition) is 3. The number of carbonyl (C=O) groups is 2. The van der Waals surface area contributed by atoms with Gasteiger partial charge in [0.05, 0.1) is 13.2 Å². The molecule has 0 spiro atoms. The summed E-state index contributed by atoms with van der Waals surface area (Å²) in [5.41, 5.74) is -0.0406. The largest absolute Gasteiger partial charge is 0.378 e. The molecule has 120 valence electrons. The van der Waals surface area contributed by atoms with E-state index in [1.807, 2.05) is 9.80 Å². The van der Waals surface area contributed by atoms with Crippen LogP contribution >= 0.6 is 0 Å². The van der Waals surface area contributed by atoms with Gasteiger partial charge in [-0.05, 0) is 24.7 Å². The molecular formula is C16H28N2O3. The van der Waals surface area contributed by atoms with Crippen LogP contribution in [0.15, 0.2) is 0 Å². The van der Waals surface area contributed by atoms with E-state index in [1.54, 1.807) is 0 Å². The Hall–Kier alpha value is -1.10. The minimum atomic E-state index is -0.258. The first kappa shape index (κ1) is 16.3. The highest BCUT2D eigenvalue weighted by Gasteiger charge is 2.36. The Morgan fingerprint density at radius 3 is 2.38 bits per heavy atom. The lowest BCUT2D eigenvalue weighted by Crippen LogP contribution is -2.55. The van der Waals surface area contributed by atoms with Crippen LogP contribution in [-0.2, 0) is 14.3 Å². The second-order valence-electron chi connectivity index (χ2n) is 7.27. The van der Waals surface area contributed by atoms with E-state index < -0.39 is 0 Å². The minimum absolute atomic E-state index is 0.0406. The number of ether oxygens (including phenoxy) is 1. The van der Waals surface area contributed by atoms with E-state index in [9.17, 15) is 9.59 Å². The van der Waals surface area contributed by atoms with Gasteiger partial charge < -0.3 is 14.5 Å². The summed E-state index contributed by atoms with van der Waals surface area (Å²) in [4.78, 5) is 28.9. The van der Waals surface area contributed by atoms with Gasteiger partial charge in [-0.3, -0.25) is 9.59 Å². The Bertz CT molecular complexity index is 383. The molecule has 5 nitrogen and oxygen atoms in total. The summed E-state index contributed by atoms with van der Waals surface area (Å²) < 4.78 is 5.30. The number of rotatable bonds is 2. The highest BCUT2D eigenvalue weighted by Crippen LogP contribution is 2.25. The molecule has 2 fully saturated rings. The Morgan fingerprint density at radius 1 is 1.10 bits per heavy atom. The predicted octanol–water partition coefficient (Wildman–Crippen LogP) is 1.66. The number of carbonyl (C=O) groups excluding carboxylic acids is 2. The van der Waals surface area contributed by atoms with E-state index in [4.69, 9.17) is 4.74 Å². The summed E-state index contributed by atoms with van der Waals surface area (Å²) in [6.07, 6.45) is 3.33. The molecule has 0 saturated carbocycles. The van der Waals surface area contributed by atoms with Crippen molar-refractivity contribution in [2.75, 3.05) is 32.8 Å². The van der Waals surface area contributed by atoms with Crippen molar-refractivity contribution in [1.29, 1.82) is 0 Å². The van der Waals surface area contributed by atoms with Gasteiger partial charge in [0, 0.05) is 26.1 Å². The number of nitrogens with zero attached hydrogens (tertiary/aromatic N) is 2. The summed E-state index contributed by atoms with van der Waals surface area (Å²) in [5, 5.41) is 0. The molecule has 21 heavy (non-hydrogen) atoms. The summed E-state index contributed by atoms with van der Waals surface area (Å²) in [6.45, 7) is 9.42. The molecule has 2 saturated heterocycles. The normalized spacial score (nSPS) is 24.0. The maximum atomic E-state index is 12.7. The average molecular weight is 296 g/mol. The number of piperidine rings is 1. The maximum absolute atomic E-state index is 12.7. The molecule has 2 heterocycles. The average Bonchev–Trinajstić information content (AvgIpc) is 2.45. The van der Waals surface area contributed by atoms with Crippen molar-refractivity contribution in [3.05, 3.63) is 0 Å². The zero-order chi connectivity index (χ0) is 15.5. The minimum Gasteiger partial charge on any atom is -0.378 e. The van der Waals surface area contributed by atoms with E-state index in [0.717, 1.165) is 25.8 Å². The molecule has 0 radical (unpaired) electrons. The van der Waals surface area contributed by atoms with Crippen molar-refractivity contribution in [2.24, 2.45) is 5.41 Å². The second kappa shape index (κ2) is 6.77. The third-order valence-electron chi connectivity index (χ3n) is 4.11. The van der Waals surface area contributed by atoms with Gasteiger partial charge in [-0.15, -0.1) is 0 Å². The van der Waals surface area contributed by atoms with Crippen LogP contribution in [0.5, 0.6) is 0 Å². The van der Waals surface area contributed by atoms with Crippen molar-refractivity contribution in [3.8, 4) is 0 Å². The fraction of sp³-hybridized carbons (Fsp3) is 0.875. The van der Waals surface area contributed by atoms with Gasteiger partial charge in [0.1, 0.15) is 6.04 Å². The van der Waals surface area contributed by atoms with Gasteiger partial charge in [-0.25, -0.2) is 0 Å². The van der Waals surface area contributed by atoms with Gasteiger partial charge in [-0.1, -0.05) is 20.8 Å². The lowest BCUT2D eigenvalue weighted by Gasteiger charge is -2.39. The third kappa shape index (κ3) is 4.43. The Balaban J connectivity index is 2.04. The SMILES string of the molecule is CC(C)(C)CC(=O)N1CCCC[C@@H]1C(=O)N1CCOCC1. The Morgan fingerprint density at radius 2 is 1.76 bits per heavy atom. The molecule has 5 heteroatoms. The summed E-state index contributed by atoms with van der Waals surface area (Å²) in [6, 6.07) is -0.258. The van der Waals surface area contributed by atoms with Gasteiger partial charge in [0.25, 0.3) is 0 Å². The predicted molar refractivity (Wildman–Crippen MR) is 80.8 cm³/mol. The van der Waals surface area contributed by atoms with Crippen molar-refractivity contribution in [2.45, 2.75) is 52.5 Å². The standard InChI is InChI=1S/C16H28N2O3/c1-16(2,3)12-14(19)18-7-5-4-6-13(18)15(20)17-8-10-21-11-9-17/h13H,4-12H2,1-3H3/t13-/m1/s1. The van der Waals surface area contributed by atoms with Gasteiger partial charge in [-0.2, -0.15) is 0 Å². The molecule has 2 amide bonds. The van der Waals surface area contributed by atoms with Crippen molar-refractivity contribution < 1.29 is 14.3 Å². The molecule has 0 aromatic carbocycles. The molecule has 0 N–H and O–H groups in total. The smallest absolute Gasteiger partial charge is 0.245 e. The van der Waals surface area contributed by atoms with E-state index in [-0.39, 0.29) is 23.3 Å². The van der Waals surface area contributed by atoms with E-state index >= 15 is 0 Å². The van der Waals surface area contributed by atoms with E-state index in [2.05, 4.69) is 20.8 Å². The fourth-order valence-electron chi connectivity index (χ4n) is 3.04. The van der Waals surface area contributed by atoms with E-state index in [0.29, 0.717) is 32.7 Å². The lowest BCUT2D eigenvalue weighted by atomic mass is 9.90. The first-order valence-electron chi connectivity index (χ1n) is 8.04. The van der Waals surface area contributed by atoms with Crippen LogP contribution in [0.3, 0.4) is 0 Å². The second-order valence-corrected chi connectivity index (χ2v) is 7.27. The number of hydrogen-bond donors (Lipinski definition) is 0. The first-order chi connectivity index (χ1) is 9.88. The Labute approximate surface area is 127 Å². The van der Waals surface area contributed by atoms with Crippen LogP contribution in [0.4, 0.5) is 0 Å². The van der Waals surface area contributed by atoms with Gasteiger partial charge in [0.15, 0.2) is 0 Å². The van der Waals surface area contributed by atoms with Crippen molar-refractivity contribution in [3.63, 3.8) is 0 Å². The number of likely N-dealkylation sites (tertiary alicyclic amines) is 1. The molecule has 0 aliphatic carbocycles. The molecule has 1 atom stereocenters. The van der Waals surface area contributed by atoms with Crippen LogP contribution < -0.4 is 0 Å². The molecule has 0 aromatic rings. The maximum Gasteiger partial charge on any atom is 0.245 e. The highest BCUT2D eigenvalue weighted by molar-refractivity contribution is 5.88. The van der Waals surface area contributed by atoms with Crippen LogP contribution in [0.25, 0.3) is 0 Å². The molecule has 2 aliphatic heterocycles. The molecule has 0 aromatic heterocycles. The zero-order valence-electron chi connectivity index (χ0n) is 13.6. The first-order valence-corrected chi connectivity index (χ1v) is 8.04. The van der Waals surface area contributed by atoms with Crippen LogP contribution in [0.2, 0.25) is 0 Å². The van der Waals surface area contributed by atoms with Crippen molar-refractivity contribution in [1.82, 2.24) is 9.80 Å². The number of morpholine rings is 1. The summed E-state index contributed by atoms with van der Waals surface area (Å²) in [5.74, 6) is 0.231. The fourth-order valence-corrected chi connectivity index (χ4v) is 3.04. The molecule has 0 bridgehead atoms. The highest BCUT2D eigenvalue weighted by atomic mass is 16.5. The van der Waals surface area contributed by atoms with Gasteiger partial charge in [0.2, 0.25) is 11.8 Å². The van der Waals surface area contributed by atoms with Crippen LogP contribution in [-0.4, -0.2) is 60.5 Å². The molecular weight excluding hydrogens is 268 g/mol. The quantitative estimate of drug-likeness (QED) is 0.779. The zero-order valence-corrected chi connectivity index (χ0v) is 13.6. The lowest BCUT2D eigenvalue weighted by molar-refractivity contribution is -0.151. The molecule has 2 rings (SSSR count). The Kier molecular flexibility index (Phi) is 5.25.